The highest BCUT2D eigenvalue weighted by molar-refractivity contribution is 6.16. The molecule has 0 radical (unpaired) electrons. The van der Waals surface area contributed by atoms with Crippen LogP contribution in [0.25, 0.3) is 0 Å². The van der Waals surface area contributed by atoms with Gasteiger partial charge in [0.15, 0.2) is 0 Å². The molecule has 34 heavy (non-hydrogen) atoms. The number of benzene rings is 2. The monoisotopic (exact) mass is 468 g/mol. The van der Waals surface area contributed by atoms with Crippen LogP contribution in [0, 0.1) is 0 Å². The molecule has 1 N–H and O–H groups in total. The Morgan fingerprint density at radius 3 is 2.35 bits per heavy atom. The third-order valence-electron chi connectivity index (χ3n) is 5.24. The predicted octanol–water partition coefficient (Wildman–Crippen LogP) is 3.57. The van der Waals surface area contributed by atoms with Crippen molar-refractivity contribution in [1.82, 2.24) is 15.2 Å². The quantitative estimate of drug-likeness (QED) is 0.600. The highest BCUT2D eigenvalue weighted by Crippen LogP contribution is 2.39. The van der Waals surface area contributed by atoms with Gasteiger partial charge in [-0.1, -0.05) is 42.5 Å². The van der Waals surface area contributed by atoms with Gasteiger partial charge in [0, 0.05) is 18.0 Å². The van der Waals surface area contributed by atoms with Gasteiger partial charge in [-0.15, -0.1) is 0 Å². The molecule has 0 bridgehead atoms. The first-order valence-corrected chi connectivity index (χ1v) is 10.1. The van der Waals surface area contributed by atoms with Crippen molar-refractivity contribution in [1.29, 1.82) is 0 Å². The minimum absolute atomic E-state index is 0.135. The summed E-state index contributed by atoms with van der Waals surface area (Å²) >= 11 is 0. The largest absolute Gasteiger partial charge is 0.497 e. The molecular weight excluding hydrogens is 449 g/mol. The smallest absolute Gasteiger partial charge is 0.442 e. The van der Waals surface area contributed by atoms with Crippen LogP contribution in [0.3, 0.4) is 0 Å². The maximum Gasteiger partial charge on any atom is 0.442 e. The fourth-order valence-electron chi connectivity index (χ4n) is 3.50. The van der Waals surface area contributed by atoms with Gasteiger partial charge < -0.3 is 10.1 Å². The van der Waals surface area contributed by atoms with Crippen molar-refractivity contribution in [2.24, 2.45) is 4.99 Å². The lowest BCUT2D eigenvalue weighted by molar-refractivity contribution is -0.196. The average molecular weight is 468 g/mol. The SMILES string of the molecule is COc1ccc(CN2C(=O)C(NC(=O)c3cccnc3)(C(F)(F)F)N=C2c2ccccc2)cc1. The lowest BCUT2D eigenvalue weighted by atomic mass is 10.1. The average Bonchev–Trinajstić information content (AvgIpc) is 3.13. The Hall–Kier alpha value is -4.21. The van der Waals surface area contributed by atoms with Crippen molar-refractivity contribution < 1.29 is 27.5 Å². The molecule has 0 aliphatic carbocycles. The van der Waals surface area contributed by atoms with Crippen molar-refractivity contribution in [2.75, 3.05) is 7.11 Å². The Kier molecular flexibility index (Phi) is 6.06. The van der Waals surface area contributed by atoms with Crippen molar-refractivity contribution in [3.63, 3.8) is 0 Å². The zero-order valence-electron chi connectivity index (χ0n) is 17.9. The molecule has 0 fully saturated rings. The number of halogens is 3. The Labute approximate surface area is 192 Å². The third-order valence-corrected chi connectivity index (χ3v) is 5.24. The lowest BCUT2D eigenvalue weighted by Gasteiger charge is -2.29. The van der Waals surface area contributed by atoms with Gasteiger partial charge in [0.2, 0.25) is 0 Å². The number of ether oxygens (including phenoxy) is 1. The Morgan fingerprint density at radius 1 is 1.06 bits per heavy atom. The van der Waals surface area contributed by atoms with Gasteiger partial charge in [-0.2, -0.15) is 13.2 Å². The number of aliphatic imine (C=N–C) groups is 1. The molecule has 2 aromatic carbocycles. The number of aromatic nitrogens is 1. The minimum atomic E-state index is -5.21. The number of hydrogen-bond acceptors (Lipinski definition) is 5. The van der Waals surface area contributed by atoms with Crippen LogP contribution in [0.4, 0.5) is 13.2 Å². The zero-order valence-corrected chi connectivity index (χ0v) is 17.9. The fourth-order valence-corrected chi connectivity index (χ4v) is 3.50. The van der Waals surface area contributed by atoms with Gasteiger partial charge in [-0.05, 0) is 29.8 Å². The van der Waals surface area contributed by atoms with Crippen LogP contribution in [0.15, 0.2) is 84.1 Å². The standard InChI is InChI=1S/C24H19F3N4O3/c1-34-19-11-9-16(10-12-19)15-31-20(17-6-3-2-4-7-17)29-23(22(31)33,24(25,26)27)30-21(32)18-8-5-13-28-14-18/h2-14H,15H2,1H3,(H,30,32). The van der Waals surface area contributed by atoms with Gasteiger partial charge in [0.05, 0.1) is 19.2 Å². The van der Waals surface area contributed by atoms with E-state index in [4.69, 9.17) is 4.74 Å². The summed E-state index contributed by atoms with van der Waals surface area (Å²) in [6, 6.07) is 17.3. The van der Waals surface area contributed by atoms with Crippen molar-refractivity contribution >= 4 is 17.6 Å². The van der Waals surface area contributed by atoms with E-state index >= 15 is 0 Å². The number of amides is 2. The minimum Gasteiger partial charge on any atom is -0.497 e. The Balaban J connectivity index is 1.78. The van der Waals surface area contributed by atoms with E-state index in [9.17, 15) is 22.8 Å². The summed E-state index contributed by atoms with van der Waals surface area (Å²) in [6.45, 7) is -0.197. The van der Waals surface area contributed by atoms with E-state index in [1.165, 1.54) is 25.4 Å². The van der Waals surface area contributed by atoms with Gasteiger partial charge in [-0.25, -0.2) is 4.99 Å². The molecule has 4 rings (SSSR count). The Morgan fingerprint density at radius 2 is 1.76 bits per heavy atom. The normalized spacial score (nSPS) is 17.9. The van der Waals surface area contributed by atoms with Crippen LogP contribution >= 0.6 is 0 Å². The van der Waals surface area contributed by atoms with E-state index in [0.29, 0.717) is 16.9 Å². The summed E-state index contributed by atoms with van der Waals surface area (Å²) < 4.78 is 48.4. The molecule has 1 unspecified atom stereocenters. The van der Waals surface area contributed by atoms with Crippen LogP contribution in [0.1, 0.15) is 21.5 Å². The number of hydrogen-bond donors (Lipinski definition) is 1. The molecule has 0 saturated carbocycles. The van der Waals surface area contributed by atoms with E-state index in [-0.39, 0.29) is 17.9 Å². The number of methoxy groups -OCH3 is 1. The summed E-state index contributed by atoms with van der Waals surface area (Å²) in [5.74, 6) is -2.18. The second kappa shape index (κ2) is 8.97. The molecule has 0 saturated heterocycles. The second-order valence-corrected chi connectivity index (χ2v) is 7.44. The van der Waals surface area contributed by atoms with Crippen LogP contribution < -0.4 is 10.1 Å². The number of pyridine rings is 1. The number of carbonyl (C=O) groups excluding carboxylic acids is 2. The number of amidine groups is 1. The predicted molar refractivity (Wildman–Crippen MR) is 117 cm³/mol. The van der Waals surface area contributed by atoms with Crippen LogP contribution in [0.5, 0.6) is 5.75 Å². The summed E-state index contributed by atoms with van der Waals surface area (Å²) in [5, 5.41) is 1.83. The molecule has 1 atom stereocenters. The molecule has 174 valence electrons. The molecule has 1 aliphatic rings. The van der Waals surface area contributed by atoms with Crippen molar-refractivity contribution in [3.05, 3.63) is 95.8 Å². The molecule has 2 amide bonds. The topological polar surface area (TPSA) is 83.9 Å². The van der Waals surface area contributed by atoms with Crippen LogP contribution in [-0.4, -0.2) is 46.5 Å². The molecule has 1 aromatic heterocycles. The first-order valence-electron chi connectivity index (χ1n) is 10.1. The van der Waals surface area contributed by atoms with Crippen molar-refractivity contribution in [3.8, 4) is 5.75 Å². The number of carbonyl (C=O) groups is 2. The third kappa shape index (κ3) is 4.21. The Bertz CT molecular complexity index is 1220. The molecule has 2 heterocycles. The highest BCUT2D eigenvalue weighted by atomic mass is 19.4. The lowest BCUT2D eigenvalue weighted by Crippen LogP contribution is -2.63. The summed E-state index contributed by atoms with van der Waals surface area (Å²) in [7, 11) is 1.49. The maximum absolute atomic E-state index is 14.4. The molecule has 10 heteroatoms. The van der Waals surface area contributed by atoms with E-state index in [1.54, 1.807) is 54.6 Å². The van der Waals surface area contributed by atoms with Gasteiger partial charge >= 0.3 is 11.8 Å². The first kappa shape index (κ1) is 23.0. The van der Waals surface area contributed by atoms with Crippen LogP contribution in [-0.2, 0) is 11.3 Å². The summed E-state index contributed by atoms with van der Waals surface area (Å²) in [6.07, 6.45) is -2.73. The molecule has 0 spiro atoms. The summed E-state index contributed by atoms with van der Waals surface area (Å²) in [5.41, 5.74) is -2.78. The first-order chi connectivity index (χ1) is 16.2. The van der Waals surface area contributed by atoms with E-state index < -0.39 is 23.7 Å². The molecular formula is C24H19F3N4O3. The zero-order chi connectivity index (χ0) is 24.3. The van der Waals surface area contributed by atoms with E-state index in [0.717, 1.165) is 11.1 Å². The molecule has 3 aromatic rings. The fraction of sp³-hybridized carbons (Fsp3) is 0.167. The van der Waals surface area contributed by atoms with Crippen molar-refractivity contribution in [2.45, 2.75) is 18.4 Å². The van der Waals surface area contributed by atoms with Gasteiger partial charge in [-0.3, -0.25) is 19.5 Å². The number of rotatable bonds is 6. The second-order valence-electron chi connectivity index (χ2n) is 7.44. The maximum atomic E-state index is 14.4. The highest BCUT2D eigenvalue weighted by Gasteiger charge is 2.67. The van der Waals surface area contributed by atoms with Gasteiger partial charge in [0.25, 0.3) is 11.8 Å². The number of nitrogens with zero attached hydrogens (tertiary/aromatic N) is 3. The summed E-state index contributed by atoms with van der Waals surface area (Å²) in [4.78, 5) is 34.5. The number of nitrogens with one attached hydrogen (secondary N) is 1. The van der Waals surface area contributed by atoms with Gasteiger partial charge in [0.1, 0.15) is 11.6 Å². The van der Waals surface area contributed by atoms with Crippen LogP contribution in [0.2, 0.25) is 0 Å². The molecule has 7 nitrogen and oxygen atoms in total. The molecule has 1 aliphatic heterocycles. The van der Waals surface area contributed by atoms with E-state index in [1.807, 2.05) is 5.32 Å². The van der Waals surface area contributed by atoms with E-state index in [2.05, 4.69) is 9.98 Å². The number of alkyl halides is 3.